The summed E-state index contributed by atoms with van der Waals surface area (Å²) in [5.74, 6) is 1.91. The molecule has 11 heteroatoms. The van der Waals surface area contributed by atoms with Crippen molar-refractivity contribution in [3.63, 3.8) is 0 Å². The van der Waals surface area contributed by atoms with Crippen molar-refractivity contribution >= 4 is 17.6 Å². The van der Waals surface area contributed by atoms with Crippen molar-refractivity contribution in [2.75, 3.05) is 63.8 Å². The number of piperazine rings is 1. The summed E-state index contributed by atoms with van der Waals surface area (Å²) in [7, 11) is 1.59. The van der Waals surface area contributed by atoms with Crippen molar-refractivity contribution < 1.29 is 23.7 Å². The summed E-state index contributed by atoms with van der Waals surface area (Å²) in [5.41, 5.74) is 9.42. The van der Waals surface area contributed by atoms with E-state index in [1.54, 1.807) is 12.0 Å². The second-order valence-corrected chi connectivity index (χ2v) is 11.6. The molecule has 0 atom stereocenters. The molecule has 2 saturated heterocycles. The van der Waals surface area contributed by atoms with Crippen LogP contribution in [-0.2, 0) is 16.0 Å². The van der Waals surface area contributed by atoms with E-state index in [-0.39, 0.29) is 19.0 Å². The third-order valence-corrected chi connectivity index (χ3v) is 7.14. The molecule has 0 spiro atoms. The Morgan fingerprint density at radius 3 is 2.40 bits per heavy atom. The van der Waals surface area contributed by atoms with Gasteiger partial charge in [-0.25, -0.2) is 4.79 Å². The molecule has 3 aromatic rings. The number of methoxy groups -OCH3 is 1. The van der Waals surface area contributed by atoms with Crippen LogP contribution in [0.3, 0.4) is 0 Å². The highest BCUT2D eigenvalue weighted by atomic mass is 16.7. The Labute approximate surface area is 247 Å². The Bertz CT molecular complexity index is 1350. The first-order valence-electron chi connectivity index (χ1n) is 14.2. The van der Waals surface area contributed by atoms with E-state index in [0.717, 1.165) is 49.7 Å². The minimum absolute atomic E-state index is 0.0153. The van der Waals surface area contributed by atoms with E-state index in [4.69, 9.17) is 24.7 Å². The average molecular weight is 577 g/mol. The number of nitrogens with two attached hydrogens (primary N) is 1. The molecule has 0 radical (unpaired) electrons. The van der Waals surface area contributed by atoms with Gasteiger partial charge in [-0.2, -0.15) is 0 Å². The number of carbonyl (C=O) groups excluding carboxylic acids is 1. The normalized spacial score (nSPS) is 16.2. The van der Waals surface area contributed by atoms with Crippen molar-refractivity contribution in [3.05, 3.63) is 60.2 Å². The first-order valence-corrected chi connectivity index (χ1v) is 14.2. The van der Waals surface area contributed by atoms with Gasteiger partial charge < -0.3 is 34.5 Å². The van der Waals surface area contributed by atoms with E-state index in [0.29, 0.717) is 30.4 Å². The molecule has 5 rings (SSSR count). The summed E-state index contributed by atoms with van der Waals surface area (Å²) in [6.07, 6.45) is -0.308. The monoisotopic (exact) mass is 576 g/mol. The minimum Gasteiger partial charge on any atom is -0.487 e. The fourth-order valence-electron chi connectivity index (χ4n) is 4.96. The zero-order valence-electron chi connectivity index (χ0n) is 24.8. The number of aromatic nitrogens is 2. The topological polar surface area (TPSA) is 116 Å². The molecule has 2 aliphatic heterocycles. The molecule has 2 fully saturated rings. The first kappa shape index (κ1) is 29.4. The first-order chi connectivity index (χ1) is 20.2. The van der Waals surface area contributed by atoms with Crippen LogP contribution < -0.4 is 20.1 Å². The predicted molar refractivity (Wildman–Crippen MR) is 161 cm³/mol. The van der Waals surface area contributed by atoms with Crippen LogP contribution in [0.15, 0.2) is 54.6 Å². The summed E-state index contributed by atoms with van der Waals surface area (Å²) in [6, 6.07) is 17.9. The fraction of sp³-hybridized carbons (Fsp3) is 0.452. The van der Waals surface area contributed by atoms with Crippen LogP contribution in [0.1, 0.15) is 26.3 Å². The van der Waals surface area contributed by atoms with Crippen LogP contribution in [-0.4, -0.2) is 91.0 Å². The standard InChI is InChI=1S/C31H40N6O5/c1-31(2,3)42-30(38)37-19-24(20-37)41-23-11-9-22(10-12-23)18-35-13-15-36(16-14-35)27-17-26(33-34-29(27)32)25-7-5-6-8-28(25)40-21-39-4/h5-12,17,24H,13-16,18-21H2,1-4H3,(H2,32,34). The molecule has 1 amide bonds. The zero-order chi connectivity index (χ0) is 29.7. The molecule has 224 valence electrons. The van der Waals surface area contributed by atoms with Gasteiger partial charge in [-0.1, -0.05) is 24.3 Å². The number of hydrogen-bond acceptors (Lipinski definition) is 10. The number of nitrogen functional groups attached to an aromatic ring is 1. The summed E-state index contributed by atoms with van der Waals surface area (Å²) in [5, 5.41) is 8.59. The Morgan fingerprint density at radius 2 is 1.71 bits per heavy atom. The van der Waals surface area contributed by atoms with Crippen molar-refractivity contribution in [2.45, 2.75) is 39.0 Å². The summed E-state index contributed by atoms with van der Waals surface area (Å²) >= 11 is 0. The smallest absolute Gasteiger partial charge is 0.410 e. The summed E-state index contributed by atoms with van der Waals surface area (Å²) < 4.78 is 22.2. The Morgan fingerprint density at radius 1 is 1.00 bits per heavy atom. The zero-order valence-corrected chi connectivity index (χ0v) is 24.8. The maximum atomic E-state index is 12.1. The summed E-state index contributed by atoms with van der Waals surface area (Å²) in [6.45, 7) is 11.1. The van der Waals surface area contributed by atoms with E-state index in [1.807, 2.05) is 63.2 Å². The Balaban J connectivity index is 1.11. The molecular formula is C31H40N6O5. The van der Waals surface area contributed by atoms with Crippen LogP contribution in [0, 0.1) is 0 Å². The molecule has 0 bridgehead atoms. The molecule has 42 heavy (non-hydrogen) atoms. The van der Waals surface area contributed by atoms with Gasteiger partial charge in [0.15, 0.2) is 12.6 Å². The van der Waals surface area contributed by atoms with E-state index in [2.05, 4.69) is 32.1 Å². The number of benzene rings is 2. The lowest BCUT2D eigenvalue weighted by molar-refractivity contribution is -0.0221. The quantitative estimate of drug-likeness (QED) is 0.375. The highest BCUT2D eigenvalue weighted by molar-refractivity contribution is 5.74. The largest absolute Gasteiger partial charge is 0.487 e. The molecule has 1 aromatic heterocycles. The number of nitrogens with zero attached hydrogens (tertiary/aromatic N) is 5. The highest BCUT2D eigenvalue weighted by Gasteiger charge is 2.35. The number of amides is 1. The van der Waals surface area contributed by atoms with Gasteiger partial charge in [-0.05, 0) is 56.7 Å². The van der Waals surface area contributed by atoms with Crippen molar-refractivity contribution in [2.24, 2.45) is 0 Å². The molecule has 2 aromatic carbocycles. The third-order valence-electron chi connectivity index (χ3n) is 7.14. The van der Waals surface area contributed by atoms with Crippen molar-refractivity contribution in [3.8, 4) is 22.8 Å². The van der Waals surface area contributed by atoms with Gasteiger partial charge in [-0.15, -0.1) is 10.2 Å². The van der Waals surface area contributed by atoms with Gasteiger partial charge in [-0.3, -0.25) is 4.90 Å². The molecule has 0 unspecified atom stereocenters. The van der Waals surface area contributed by atoms with Gasteiger partial charge in [0, 0.05) is 45.4 Å². The van der Waals surface area contributed by atoms with Crippen molar-refractivity contribution in [1.82, 2.24) is 20.0 Å². The number of likely N-dealkylation sites (tertiary alicyclic amines) is 1. The van der Waals surface area contributed by atoms with E-state index >= 15 is 0 Å². The lowest BCUT2D eigenvalue weighted by Crippen LogP contribution is -2.57. The second-order valence-electron chi connectivity index (χ2n) is 11.6. The second kappa shape index (κ2) is 12.8. The SMILES string of the molecule is COCOc1ccccc1-c1cc(N2CCN(Cc3ccc(OC4CN(C(=O)OC(C)(C)C)C4)cc3)CC2)c(N)nn1. The van der Waals surface area contributed by atoms with Crippen LogP contribution in [0.4, 0.5) is 16.3 Å². The molecule has 0 aliphatic carbocycles. The van der Waals surface area contributed by atoms with Gasteiger partial charge in [0.1, 0.15) is 23.2 Å². The lowest BCUT2D eigenvalue weighted by atomic mass is 10.1. The molecule has 2 aliphatic rings. The van der Waals surface area contributed by atoms with Gasteiger partial charge in [0.05, 0.1) is 24.5 Å². The van der Waals surface area contributed by atoms with Gasteiger partial charge in [0.25, 0.3) is 0 Å². The van der Waals surface area contributed by atoms with E-state index < -0.39 is 5.60 Å². The van der Waals surface area contributed by atoms with E-state index in [1.165, 1.54) is 5.56 Å². The number of hydrogen-bond donors (Lipinski definition) is 1. The van der Waals surface area contributed by atoms with Crippen LogP contribution in [0.25, 0.3) is 11.3 Å². The highest BCUT2D eigenvalue weighted by Crippen LogP contribution is 2.32. The fourth-order valence-corrected chi connectivity index (χ4v) is 4.96. The summed E-state index contributed by atoms with van der Waals surface area (Å²) in [4.78, 5) is 18.5. The Kier molecular flexibility index (Phi) is 8.98. The number of anilines is 2. The van der Waals surface area contributed by atoms with E-state index in [9.17, 15) is 4.79 Å². The molecule has 0 saturated carbocycles. The number of para-hydroxylation sites is 1. The maximum absolute atomic E-state index is 12.1. The predicted octanol–water partition coefficient (Wildman–Crippen LogP) is 4.03. The minimum atomic E-state index is -0.495. The van der Waals surface area contributed by atoms with Gasteiger partial charge >= 0.3 is 6.09 Å². The molecule has 3 heterocycles. The maximum Gasteiger partial charge on any atom is 0.410 e. The number of rotatable bonds is 9. The number of ether oxygens (including phenoxy) is 4. The molecule has 2 N–H and O–H groups in total. The van der Waals surface area contributed by atoms with Crippen LogP contribution in [0.2, 0.25) is 0 Å². The molecule has 11 nitrogen and oxygen atoms in total. The van der Waals surface area contributed by atoms with Crippen molar-refractivity contribution in [1.29, 1.82) is 0 Å². The van der Waals surface area contributed by atoms with Crippen LogP contribution in [0.5, 0.6) is 11.5 Å². The lowest BCUT2D eigenvalue weighted by Gasteiger charge is -2.39. The average Bonchev–Trinajstić information content (AvgIpc) is 2.94. The third kappa shape index (κ3) is 7.40. The van der Waals surface area contributed by atoms with Crippen LogP contribution >= 0.6 is 0 Å². The number of carbonyl (C=O) groups is 1. The Hall–Kier alpha value is -4.09. The van der Waals surface area contributed by atoms with Gasteiger partial charge in [0.2, 0.25) is 0 Å². The molecular weight excluding hydrogens is 536 g/mol.